The lowest BCUT2D eigenvalue weighted by atomic mass is 10.0. The maximum Gasteiger partial charge on any atom is 0.123 e. The predicted molar refractivity (Wildman–Crippen MR) is 49.2 cm³/mol. The van der Waals surface area contributed by atoms with E-state index in [0.717, 1.165) is 6.07 Å². The maximum atomic E-state index is 12.9. The smallest absolute Gasteiger partial charge is 0.123 e. The highest BCUT2D eigenvalue weighted by atomic mass is 19.1. The Kier molecular flexibility index (Phi) is 3.57. The second-order valence-corrected chi connectivity index (χ2v) is 3.26. The molecule has 3 nitrogen and oxygen atoms in total. The van der Waals surface area contributed by atoms with Gasteiger partial charge in [0.05, 0.1) is 6.61 Å². The van der Waals surface area contributed by atoms with Gasteiger partial charge in [-0.1, -0.05) is 6.07 Å². The summed E-state index contributed by atoms with van der Waals surface area (Å²) >= 11 is 0. The lowest BCUT2D eigenvalue weighted by Gasteiger charge is -2.16. The first kappa shape index (κ1) is 11.1. The molecular weight excluding hydrogens is 187 g/mol. The highest BCUT2D eigenvalue weighted by Crippen LogP contribution is 2.19. The normalized spacial score (nSPS) is 15.2. The van der Waals surface area contributed by atoms with E-state index in [-0.39, 0.29) is 5.56 Å². The first-order valence-electron chi connectivity index (χ1n) is 4.28. The van der Waals surface area contributed by atoms with Crippen molar-refractivity contribution in [2.75, 3.05) is 6.61 Å². The van der Waals surface area contributed by atoms with E-state index < -0.39 is 24.6 Å². The Morgan fingerprint density at radius 1 is 1.29 bits per heavy atom. The molecule has 1 rings (SSSR count). The SMILES string of the molecule is Cc1cc(F)cc(C(O)C(O)CO)c1. The minimum absolute atomic E-state index is 0.268. The van der Waals surface area contributed by atoms with E-state index >= 15 is 0 Å². The molecule has 0 aromatic heterocycles. The van der Waals surface area contributed by atoms with Crippen molar-refractivity contribution < 1.29 is 19.7 Å². The van der Waals surface area contributed by atoms with Gasteiger partial charge in [-0.3, -0.25) is 0 Å². The van der Waals surface area contributed by atoms with Crippen molar-refractivity contribution in [1.82, 2.24) is 0 Å². The lowest BCUT2D eigenvalue weighted by Crippen LogP contribution is -2.22. The first-order chi connectivity index (χ1) is 6.54. The molecule has 1 aromatic carbocycles. The van der Waals surface area contributed by atoms with Crippen LogP contribution in [-0.2, 0) is 0 Å². The molecule has 0 saturated carbocycles. The van der Waals surface area contributed by atoms with Crippen molar-refractivity contribution in [2.45, 2.75) is 19.1 Å². The molecule has 0 fully saturated rings. The fraction of sp³-hybridized carbons (Fsp3) is 0.400. The van der Waals surface area contributed by atoms with Crippen LogP contribution in [0, 0.1) is 12.7 Å². The highest BCUT2D eigenvalue weighted by Gasteiger charge is 2.17. The van der Waals surface area contributed by atoms with E-state index in [1.54, 1.807) is 13.0 Å². The van der Waals surface area contributed by atoms with Gasteiger partial charge in [0.1, 0.15) is 18.0 Å². The molecule has 0 spiro atoms. The van der Waals surface area contributed by atoms with Gasteiger partial charge in [-0.2, -0.15) is 0 Å². The summed E-state index contributed by atoms with van der Waals surface area (Å²) < 4.78 is 12.9. The molecule has 2 unspecified atom stereocenters. The van der Waals surface area contributed by atoms with Crippen LogP contribution in [0.4, 0.5) is 4.39 Å². The van der Waals surface area contributed by atoms with Crippen LogP contribution >= 0.6 is 0 Å². The molecule has 4 heteroatoms. The monoisotopic (exact) mass is 200 g/mol. The number of halogens is 1. The second kappa shape index (κ2) is 4.50. The maximum absolute atomic E-state index is 12.9. The standard InChI is InChI=1S/C10H13FO3/c1-6-2-7(4-8(11)3-6)10(14)9(13)5-12/h2-4,9-10,12-14H,5H2,1H3. The zero-order valence-electron chi connectivity index (χ0n) is 7.81. The third-order valence-electron chi connectivity index (χ3n) is 1.96. The van der Waals surface area contributed by atoms with Gasteiger partial charge in [0.15, 0.2) is 0 Å². The summed E-state index contributed by atoms with van der Waals surface area (Å²) in [7, 11) is 0. The van der Waals surface area contributed by atoms with Gasteiger partial charge < -0.3 is 15.3 Å². The zero-order chi connectivity index (χ0) is 10.7. The minimum atomic E-state index is -1.28. The number of aliphatic hydroxyl groups is 3. The summed E-state index contributed by atoms with van der Waals surface area (Å²) in [6.07, 6.45) is -2.54. The fourth-order valence-corrected chi connectivity index (χ4v) is 1.26. The summed E-state index contributed by atoms with van der Waals surface area (Å²) in [5, 5.41) is 27.2. The lowest BCUT2D eigenvalue weighted by molar-refractivity contribution is -0.0154. The molecule has 0 saturated heterocycles. The van der Waals surface area contributed by atoms with Gasteiger partial charge in [0, 0.05) is 0 Å². The molecule has 0 heterocycles. The van der Waals surface area contributed by atoms with Crippen LogP contribution in [-0.4, -0.2) is 28.0 Å². The van der Waals surface area contributed by atoms with Crippen molar-refractivity contribution in [3.8, 4) is 0 Å². The summed E-state index contributed by atoms with van der Waals surface area (Å²) in [5.41, 5.74) is 0.924. The van der Waals surface area contributed by atoms with Crippen LogP contribution in [0.2, 0.25) is 0 Å². The average molecular weight is 200 g/mol. The van der Waals surface area contributed by atoms with Crippen LogP contribution in [0.1, 0.15) is 17.2 Å². The number of benzene rings is 1. The first-order valence-corrected chi connectivity index (χ1v) is 4.28. The molecule has 14 heavy (non-hydrogen) atoms. The number of aliphatic hydroxyl groups excluding tert-OH is 3. The van der Waals surface area contributed by atoms with Crippen molar-refractivity contribution in [2.24, 2.45) is 0 Å². The second-order valence-electron chi connectivity index (χ2n) is 3.26. The van der Waals surface area contributed by atoms with Gasteiger partial charge >= 0.3 is 0 Å². The molecule has 78 valence electrons. The van der Waals surface area contributed by atoms with E-state index in [2.05, 4.69) is 0 Å². The Balaban J connectivity index is 2.94. The molecule has 2 atom stereocenters. The van der Waals surface area contributed by atoms with Gasteiger partial charge in [0.25, 0.3) is 0 Å². The van der Waals surface area contributed by atoms with Crippen LogP contribution < -0.4 is 0 Å². The van der Waals surface area contributed by atoms with Crippen molar-refractivity contribution in [3.05, 3.63) is 35.1 Å². The number of hydrogen-bond acceptors (Lipinski definition) is 3. The average Bonchev–Trinajstić information content (AvgIpc) is 2.14. The van der Waals surface area contributed by atoms with E-state index in [1.807, 2.05) is 0 Å². The Labute approximate surface area is 81.4 Å². The van der Waals surface area contributed by atoms with Gasteiger partial charge in [-0.25, -0.2) is 4.39 Å². The van der Waals surface area contributed by atoms with Gasteiger partial charge in [-0.15, -0.1) is 0 Å². The molecule has 3 N–H and O–H groups in total. The Bertz CT molecular complexity index is 294. The van der Waals surface area contributed by atoms with Gasteiger partial charge in [0.2, 0.25) is 0 Å². The quantitative estimate of drug-likeness (QED) is 0.666. The molecule has 0 aliphatic carbocycles. The van der Waals surface area contributed by atoms with E-state index in [0.29, 0.717) is 5.56 Å². The predicted octanol–water partition coefficient (Wildman–Crippen LogP) is 0.521. The minimum Gasteiger partial charge on any atom is -0.394 e. The van der Waals surface area contributed by atoms with Crippen molar-refractivity contribution in [3.63, 3.8) is 0 Å². The van der Waals surface area contributed by atoms with Crippen molar-refractivity contribution >= 4 is 0 Å². The number of hydrogen-bond donors (Lipinski definition) is 3. The molecule has 1 aromatic rings. The van der Waals surface area contributed by atoms with Crippen LogP contribution in [0.3, 0.4) is 0 Å². The number of aryl methyl sites for hydroxylation is 1. The topological polar surface area (TPSA) is 60.7 Å². The van der Waals surface area contributed by atoms with Crippen molar-refractivity contribution in [1.29, 1.82) is 0 Å². The number of rotatable bonds is 3. The molecule has 0 aliphatic heterocycles. The zero-order valence-corrected chi connectivity index (χ0v) is 7.81. The summed E-state index contributed by atoms with van der Waals surface area (Å²) in [6, 6.07) is 4.02. The molecule has 0 bridgehead atoms. The van der Waals surface area contributed by atoms with Gasteiger partial charge in [-0.05, 0) is 30.2 Å². The van der Waals surface area contributed by atoms with Crippen LogP contribution in [0.5, 0.6) is 0 Å². The molecule has 0 amide bonds. The van der Waals surface area contributed by atoms with E-state index in [1.165, 1.54) is 6.07 Å². The van der Waals surface area contributed by atoms with E-state index in [4.69, 9.17) is 10.2 Å². The largest absolute Gasteiger partial charge is 0.394 e. The van der Waals surface area contributed by atoms with E-state index in [9.17, 15) is 9.50 Å². The third-order valence-corrected chi connectivity index (χ3v) is 1.96. The summed E-state index contributed by atoms with van der Waals surface area (Å²) in [5.74, 6) is -0.468. The Hall–Kier alpha value is -0.970. The molecule has 0 radical (unpaired) electrons. The van der Waals surface area contributed by atoms with Crippen LogP contribution in [0.15, 0.2) is 18.2 Å². The van der Waals surface area contributed by atoms with Crippen LogP contribution in [0.25, 0.3) is 0 Å². The highest BCUT2D eigenvalue weighted by molar-refractivity contribution is 5.25. The third kappa shape index (κ3) is 2.51. The fourth-order valence-electron chi connectivity index (χ4n) is 1.26. The summed E-state index contributed by atoms with van der Waals surface area (Å²) in [4.78, 5) is 0. The Morgan fingerprint density at radius 3 is 2.43 bits per heavy atom. The molecular formula is C10H13FO3. The Morgan fingerprint density at radius 2 is 1.93 bits per heavy atom. The summed E-state index contributed by atoms with van der Waals surface area (Å²) in [6.45, 7) is 1.13. The molecule has 0 aliphatic rings.